The van der Waals surface area contributed by atoms with Gasteiger partial charge in [-0.2, -0.15) is 13.2 Å². The van der Waals surface area contributed by atoms with Gasteiger partial charge in [-0.1, -0.05) is 24.3 Å². The summed E-state index contributed by atoms with van der Waals surface area (Å²) in [4.78, 5) is 10.5. The molecule has 0 aliphatic heterocycles. The van der Waals surface area contributed by atoms with Crippen LogP contribution in [-0.4, -0.2) is 11.1 Å². The third-order valence-corrected chi connectivity index (χ3v) is 2.86. The zero-order chi connectivity index (χ0) is 16.2. The fourth-order valence-corrected chi connectivity index (χ4v) is 1.84. The molecule has 0 amide bonds. The van der Waals surface area contributed by atoms with Crippen LogP contribution in [0.4, 0.5) is 13.2 Å². The number of benzene rings is 1. The van der Waals surface area contributed by atoms with Crippen molar-refractivity contribution in [1.29, 1.82) is 0 Å². The number of rotatable bonds is 4. The van der Waals surface area contributed by atoms with E-state index in [0.29, 0.717) is 16.7 Å². The molecule has 0 aliphatic rings. The lowest BCUT2D eigenvalue weighted by molar-refractivity contribution is -0.137. The second-order valence-corrected chi connectivity index (χ2v) is 4.36. The number of allylic oxidation sites excluding steroid dienone is 2. The third-order valence-electron chi connectivity index (χ3n) is 2.86. The first-order chi connectivity index (χ1) is 10.4. The lowest BCUT2D eigenvalue weighted by Crippen LogP contribution is -2.04. The van der Waals surface area contributed by atoms with Gasteiger partial charge in [0.05, 0.1) is 18.1 Å². The van der Waals surface area contributed by atoms with E-state index in [1.54, 1.807) is 6.07 Å². The Labute approximate surface area is 124 Å². The van der Waals surface area contributed by atoms with Gasteiger partial charge in [0.25, 0.3) is 0 Å². The SMILES string of the molecule is O=C(O)/C=C/C=C(\c1ccc(C(F)(F)F)cc1)c1ccoc1. The normalized spacial score (nSPS) is 12.8. The molecule has 2 rings (SSSR count). The molecule has 1 N–H and O–H groups in total. The van der Waals surface area contributed by atoms with Crippen molar-refractivity contribution in [3.05, 3.63) is 77.8 Å². The van der Waals surface area contributed by atoms with E-state index >= 15 is 0 Å². The monoisotopic (exact) mass is 308 g/mol. The average molecular weight is 308 g/mol. The van der Waals surface area contributed by atoms with Gasteiger partial charge in [-0.05, 0) is 29.3 Å². The lowest BCUT2D eigenvalue weighted by Gasteiger charge is -2.09. The number of hydrogen-bond acceptors (Lipinski definition) is 2. The van der Waals surface area contributed by atoms with Gasteiger partial charge in [0.15, 0.2) is 0 Å². The minimum atomic E-state index is -4.40. The van der Waals surface area contributed by atoms with Gasteiger partial charge in [0, 0.05) is 11.6 Å². The second-order valence-electron chi connectivity index (χ2n) is 4.36. The smallest absolute Gasteiger partial charge is 0.416 e. The highest BCUT2D eigenvalue weighted by atomic mass is 19.4. The van der Waals surface area contributed by atoms with Gasteiger partial charge in [0.2, 0.25) is 0 Å². The number of hydrogen-bond donors (Lipinski definition) is 1. The first-order valence-corrected chi connectivity index (χ1v) is 6.19. The second kappa shape index (κ2) is 6.34. The van der Waals surface area contributed by atoms with Crippen LogP contribution in [0.25, 0.3) is 5.57 Å². The summed E-state index contributed by atoms with van der Waals surface area (Å²) in [6.07, 6.45) is 2.20. The fraction of sp³-hybridized carbons (Fsp3) is 0.0625. The Morgan fingerprint density at radius 2 is 1.77 bits per heavy atom. The minimum Gasteiger partial charge on any atom is -0.478 e. The van der Waals surface area contributed by atoms with E-state index in [2.05, 4.69) is 0 Å². The molecule has 0 saturated heterocycles. The van der Waals surface area contributed by atoms with E-state index in [1.807, 2.05) is 0 Å². The highest BCUT2D eigenvalue weighted by Crippen LogP contribution is 2.31. The maximum absolute atomic E-state index is 12.6. The number of halogens is 3. The van der Waals surface area contributed by atoms with Crippen molar-refractivity contribution in [2.75, 3.05) is 0 Å². The molecule has 6 heteroatoms. The maximum Gasteiger partial charge on any atom is 0.416 e. The van der Waals surface area contributed by atoms with Crippen molar-refractivity contribution in [2.24, 2.45) is 0 Å². The molecule has 0 atom stereocenters. The van der Waals surface area contributed by atoms with Crippen molar-refractivity contribution in [2.45, 2.75) is 6.18 Å². The first kappa shape index (κ1) is 15.6. The molecule has 1 aromatic heterocycles. The molecule has 3 nitrogen and oxygen atoms in total. The molecule has 0 bridgehead atoms. The molecule has 0 radical (unpaired) electrons. The minimum absolute atomic E-state index is 0.518. The van der Waals surface area contributed by atoms with Crippen molar-refractivity contribution in [3.63, 3.8) is 0 Å². The standard InChI is InChI=1S/C16H11F3O3/c17-16(18,19)13-6-4-11(5-7-13)14(2-1-3-15(20)21)12-8-9-22-10-12/h1-10H,(H,20,21)/b3-1+,14-2+. The first-order valence-electron chi connectivity index (χ1n) is 6.19. The summed E-state index contributed by atoms with van der Waals surface area (Å²) in [5, 5.41) is 8.59. The molecule has 2 aromatic rings. The zero-order valence-electron chi connectivity index (χ0n) is 11.2. The Hall–Kier alpha value is -2.76. The zero-order valence-corrected chi connectivity index (χ0v) is 11.2. The van der Waals surface area contributed by atoms with Gasteiger partial charge in [-0.15, -0.1) is 0 Å². The Bertz CT molecular complexity index is 693. The molecule has 0 unspecified atom stereocenters. The van der Waals surface area contributed by atoms with Gasteiger partial charge in [-0.25, -0.2) is 4.79 Å². The van der Waals surface area contributed by atoms with E-state index in [1.165, 1.54) is 36.8 Å². The molecule has 22 heavy (non-hydrogen) atoms. The molecule has 0 fully saturated rings. The van der Waals surface area contributed by atoms with Crippen molar-refractivity contribution in [3.8, 4) is 0 Å². The van der Waals surface area contributed by atoms with E-state index in [-0.39, 0.29) is 0 Å². The Morgan fingerprint density at radius 3 is 2.27 bits per heavy atom. The van der Waals surface area contributed by atoms with Gasteiger partial charge in [0.1, 0.15) is 0 Å². The predicted molar refractivity (Wildman–Crippen MR) is 74.0 cm³/mol. The van der Waals surface area contributed by atoms with Crippen molar-refractivity contribution < 1.29 is 27.5 Å². The van der Waals surface area contributed by atoms with Crippen LogP contribution < -0.4 is 0 Å². The van der Waals surface area contributed by atoms with E-state index in [4.69, 9.17) is 9.52 Å². The summed E-state index contributed by atoms with van der Waals surface area (Å²) in [5.41, 5.74) is 0.961. The molecular weight excluding hydrogens is 297 g/mol. The average Bonchev–Trinajstić information content (AvgIpc) is 2.96. The number of alkyl halides is 3. The van der Waals surface area contributed by atoms with Crippen LogP contribution in [0.15, 0.2) is 65.5 Å². The number of carboxylic acid groups (broad SMARTS) is 1. The fourth-order valence-electron chi connectivity index (χ4n) is 1.84. The summed E-state index contributed by atoms with van der Waals surface area (Å²) in [5.74, 6) is -1.12. The molecule has 0 aliphatic carbocycles. The summed E-state index contributed by atoms with van der Waals surface area (Å²) in [6.45, 7) is 0. The molecule has 0 saturated carbocycles. The van der Waals surface area contributed by atoms with Crippen LogP contribution in [-0.2, 0) is 11.0 Å². The summed E-state index contributed by atoms with van der Waals surface area (Å²) >= 11 is 0. The Morgan fingerprint density at radius 1 is 1.09 bits per heavy atom. The number of carboxylic acids is 1. The summed E-state index contributed by atoms with van der Waals surface area (Å²) in [7, 11) is 0. The maximum atomic E-state index is 12.6. The topological polar surface area (TPSA) is 50.4 Å². The largest absolute Gasteiger partial charge is 0.478 e. The van der Waals surface area contributed by atoms with Crippen molar-refractivity contribution >= 4 is 11.5 Å². The highest BCUT2D eigenvalue weighted by Gasteiger charge is 2.30. The molecule has 1 heterocycles. The van der Waals surface area contributed by atoms with Crippen LogP contribution in [0, 0.1) is 0 Å². The van der Waals surface area contributed by atoms with Gasteiger partial charge < -0.3 is 9.52 Å². The Balaban J connectivity index is 2.40. The number of aliphatic carboxylic acids is 1. The van der Waals surface area contributed by atoms with Crippen LogP contribution in [0.1, 0.15) is 16.7 Å². The molecule has 114 valence electrons. The van der Waals surface area contributed by atoms with Crippen molar-refractivity contribution in [1.82, 2.24) is 0 Å². The van der Waals surface area contributed by atoms with Crippen LogP contribution in [0.3, 0.4) is 0 Å². The quantitative estimate of drug-likeness (QED) is 0.674. The van der Waals surface area contributed by atoms with Gasteiger partial charge >= 0.3 is 12.1 Å². The third kappa shape index (κ3) is 3.88. The molecule has 0 spiro atoms. The van der Waals surface area contributed by atoms with Gasteiger partial charge in [-0.3, -0.25) is 0 Å². The Kier molecular flexibility index (Phi) is 4.50. The molecular formula is C16H11F3O3. The van der Waals surface area contributed by atoms with E-state index in [9.17, 15) is 18.0 Å². The van der Waals surface area contributed by atoms with Crippen LogP contribution in [0.5, 0.6) is 0 Å². The van der Waals surface area contributed by atoms with Crippen LogP contribution in [0.2, 0.25) is 0 Å². The predicted octanol–water partition coefficient (Wildman–Crippen LogP) is 4.37. The van der Waals surface area contributed by atoms with Crippen LogP contribution >= 0.6 is 0 Å². The van der Waals surface area contributed by atoms with E-state index in [0.717, 1.165) is 18.2 Å². The number of furan rings is 1. The highest BCUT2D eigenvalue weighted by molar-refractivity contribution is 5.83. The molecule has 1 aromatic carbocycles. The lowest BCUT2D eigenvalue weighted by atomic mass is 9.98. The van der Waals surface area contributed by atoms with E-state index < -0.39 is 17.7 Å². The number of carbonyl (C=O) groups is 1. The summed E-state index contributed by atoms with van der Waals surface area (Å²) < 4.78 is 42.7. The summed E-state index contributed by atoms with van der Waals surface area (Å²) in [6, 6.07) is 6.25.